The van der Waals surface area contributed by atoms with Crippen molar-refractivity contribution < 1.29 is 9.21 Å². The van der Waals surface area contributed by atoms with E-state index in [4.69, 9.17) is 16.0 Å². The summed E-state index contributed by atoms with van der Waals surface area (Å²) < 4.78 is 5.37. The monoisotopic (exact) mass is 375 g/mol. The number of anilines is 1. The molecular weight excluding hydrogens is 362 g/mol. The Labute approximate surface area is 159 Å². The lowest BCUT2D eigenvalue weighted by Gasteiger charge is -2.06. The lowest BCUT2D eigenvalue weighted by molar-refractivity contribution is -0.111. The lowest BCUT2D eigenvalue weighted by atomic mass is 10.1. The fraction of sp³-hybridized carbons (Fsp3) is 0. The number of carbonyl (C=O) groups is 1. The SMILES string of the molecule is O=C(/C=C/c1ccc(Cl)cc1)Nc1cc2c(ccc3ccccc32)oc1=O. The van der Waals surface area contributed by atoms with Crippen LogP contribution in [0.3, 0.4) is 0 Å². The van der Waals surface area contributed by atoms with E-state index < -0.39 is 11.5 Å². The Morgan fingerprint density at radius 3 is 2.56 bits per heavy atom. The van der Waals surface area contributed by atoms with E-state index in [0.717, 1.165) is 21.7 Å². The molecule has 0 aliphatic rings. The molecule has 1 aromatic heterocycles. The first-order valence-electron chi connectivity index (χ1n) is 8.30. The summed E-state index contributed by atoms with van der Waals surface area (Å²) in [5.41, 5.74) is 0.815. The van der Waals surface area contributed by atoms with E-state index in [-0.39, 0.29) is 5.69 Å². The number of nitrogens with one attached hydrogen (secondary N) is 1. The van der Waals surface area contributed by atoms with Gasteiger partial charge >= 0.3 is 5.63 Å². The Morgan fingerprint density at radius 1 is 0.963 bits per heavy atom. The molecule has 1 N–H and O–H groups in total. The molecule has 5 heteroatoms. The number of halogens is 1. The summed E-state index contributed by atoms with van der Waals surface area (Å²) >= 11 is 5.84. The number of hydrogen-bond donors (Lipinski definition) is 1. The molecule has 27 heavy (non-hydrogen) atoms. The second-order valence-electron chi connectivity index (χ2n) is 6.02. The van der Waals surface area contributed by atoms with Gasteiger partial charge in [-0.2, -0.15) is 0 Å². The Hall–Kier alpha value is -3.37. The highest BCUT2D eigenvalue weighted by atomic mass is 35.5. The van der Waals surface area contributed by atoms with Crippen molar-refractivity contribution in [3.63, 3.8) is 0 Å². The number of fused-ring (bicyclic) bond motifs is 3. The fourth-order valence-corrected chi connectivity index (χ4v) is 3.00. The van der Waals surface area contributed by atoms with Crippen LogP contribution in [0.5, 0.6) is 0 Å². The molecule has 4 aromatic rings. The van der Waals surface area contributed by atoms with Crippen molar-refractivity contribution in [1.82, 2.24) is 0 Å². The van der Waals surface area contributed by atoms with Gasteiger partial charge in [-0.15, -0.1) is 0 Å². The van der Waals surface area contributed by atoms with Crippen LogP contribution in [-0.2, 0) is 4.79 Å². The van der Waals surface area contributed by atoms with E-state index in [1.54, 1.807) is 42.5 Å². The predicted molar refractivity (Wildman–Crippen MR) is 109 cm³/mol. The summed E-state index contributed by atoms with van der Waals surface area (Å²) in [5, 5.41) is 5.96. The molecule has 4 nitrogen and oxygen atoms in total. The summed E-state index contributed by atoms with van der Waals surface area (Å²) in [7, 11) is 0. The van der Waals surface area contributed by atoms with Crippen LogP contribution in [0.4, 0.5) is 5.69 Å². The van der Waals surface area contributed by atoms with Gasteiger partial charge in [0, 0.05) is 16.5 Å². The quantitative estimate of drug-likeness (QED) is 0.302. The zero-order valence-electron chi connectivity index (χ0n) is 14.1. The standard InChI is InChI=1S/C22H14ClNO3/c23-16-9-5-14(6-10-16)7-12-21(25)24-19-13-18-17-4-2-1-3-15(17)8-11-20(18)27-22(19)26/h1-13H,(H,24,25)/b12-7+. The Kier molecular flexibility index (Phi) is 4.48. The number of benzene rings is 3. The number of carbonyl (C=O) groups excluding carboxylic acids is 1. The highest BCUT2D eigenvalue weighted by Gasteiger charge is 2.09. The molecule has 0 bridgehead atoms. The van der Waals surface area contributed by atoms with Crippen LogP contribution in [0.2, 0.25) is 5.02 Å². The third kappa shape index (κ3) is 3.61. The molecule has 1 heterocycles. The molecule has 0 saturated carbocycles. The first kappa shape index (κ1) is 17.1. The van der Waals surface area contributed by atoms with Gasteiger partial charge in [-0.3, -0.25) is 4.79 Å². The zero-order valence-corrected chi connectivity index (χ0v) is 14.9. The Morgan fingerprint density at radius 2 is 1.74 bits per heavy atom. The summed E-state index contributed by atoms with van der Waals surface area (Å²) in [5.74, 6) is -0.420. The predicted octanol–water partition coefficient (Wildman–Crippen LogP) is 5.25. The van der Waals surface area contributed by atoms with Crippen molar-refractivity contribution in [2.24, 2.45) is 0 Å². The minimum absolute atomic E-state index is 0.101. The van der Waals surface area contributed by atoms with Gasteiger partial charge in [0.15, 0.2) is 0 Å². The smallest absolute Gasteiger partial charge is 0.360 e. The van der Waals surface area contributed by atoms with Crippen LogP contribution in [0.1, 0.15) is 5.56 Å². The van der Waals surface area contributed by atoms with Gasteiger partial charge in [0.1, 0.15) is 11.3 Å². The van der Waals surface area contributed by atoms with Crippen LogP contribution in [0.25, 0.3) is 27.8 Å². The van der Waals surface area contributed by atoms with E-state index in [1.807, 2.05) is 30.3 Å². The zero-order chi connectivity index (χ0) is 18.8. The third-order valence-electron chi connectivity index (χ3n) is 4.20. The second-order valence-corrected chi connectivity index (χ2v) is 6.46. The molecule has 0 unspecified atom stereocenters. The highest BCUT2D eigenvalue weighted by Crippen LogP contribution is 2.26. The summed E-state index contributed by atoms with van der Waals surface area (Å²) in [4.78, 5) is 24.4. The van der Waals surface area contributed by atoms with Crippen molar-refractivity contribution in [2.45, 2.75) is 0 Å². The van der Waals surface area contributed by atoms with Gasteiger partial charge in [0.25, 0.3) is 0 Å². The normalized spacial score (nSPS) is 11.3. The number of amides is 1. The van der Waals surface area contributed by atoms with Crippen molar-refractivity contribution in [2.75, 3.05) is 5.32 Å². The third-order valence-corrected chi connectivity index (χ3v) is 4.45. The maximum absolute atomic E-state index is 12.2. The molecule has 0 spiro atoms. The van der Waals surface area contributed by atoms with Crippen LogP contribution in [-0.4, -0.2) is 5.91 Å². The van der Waals surface area contributed by atoms with Crippen LogP contribution >= 0.6 is 11.6 Å². The molecule has 0 radical (unpaired) electrons. The van der Waals surface area contributed by atoms with E-state index in [2.05, 4.69) is 5.32 Å². The maximum Gasteiger partial charge on any atom is 0.360 e. The minimum atomic E-state index is -0.592. The second kappa shape index (κ2) is 7.09. The van der Waals surface area contributed by atoms with Crippen molar-refractivity contribution in [3.05, 3.63) is 93.8 Å². The minimum Gasteiger partial charge on any atom is -0.421 e. The average molecular weight is 376 g/mol. The summed E-state index contributed by atoms with van der Waals surface area (Å²) in [6.45, 7) is 0. The van der Waals surface area contributed by atoms with Gasteiger partial charge in [-0.1, -0.05) is 54.1 Å². The van der Waals surface area contributed by atoms with Gasteiger partial charge in [0.05, 0.1) is 0 Å². The lowest BCUT2D eigenvalue weighted by Crippen LogP contribution is -2.15. The molecular formula is C22H14ClNO3. The van der Waals surface area contributed by atoms with E-state index in [9.17, 15) is 9.59 Å². The van der Waals surface area contributed by atoms with E-state index >= 15 is 0 Å². The summed E-state index contributed by atoms with van der Waals surface area (Å²) in [6, 6.07) is 20.2. The number of hydrogen-bond acceptors (Lipinski definition) is 3. The van der Waals surface area contributed by atoms with Gasteiger partial charge < -0.3 is 9.73 Å². The van der Waals surface area contributed by atoms with E-state index in [0.29, 0.717) is 10.6 Å². The van der Waals surface area contributed by atoms with Crippen LogP contribution in [0.15, 0.2) is 82.0 Å². The first-order chi connectivity index (χ1) is 13.1. The highest BCUT2D eigenvalue weighted by molar-refractivity contribution is 6.30. The van der Waals surface area contributed by atoms with Crippen molar-refractivity contribution in [3.8, 4) is 0 Å². The topological polar surface area (TPSA) is 59.3 Å². The Bertz CT molecular complexity index is 1240. The molecule has 0 atom stereocenters. The largest absolute Gasteiger partial charge is 0.421 e. The molecule has 3 aromatic carbocycles. The van der Waals surface area contributed by atoms with Crippen LogP contribution < -0.4 is 10.9 Å². The Balaban J connectivity index is 1.65. The van der Waals surface area contributed by atoms with Crippen molar-refractivity contribution in [1.29, 1.82) is 0 Å². The van der Waals surface area contributed by atoms with Gasteiger partial charge in [-0.05, 0) is 46.7 Å². The molecule has 4 rings (SSSR count). The number of rotatable bonds is 3. The van der Waals surface area contributed by atoms with Gasteiger partial charge in [0.2, 0.25) is 5.91 Å². The molecule has 0 fully saturated rings. The van der Waals surface area contributed by atoms with Crippen molar-refractivity contribution >= 4 is 51.0 Å². The van der Waals surface area contributed by atoms with Crippen LogP contribution in [0, 0.1) is 0 Å². The molecule has 0 aliphatic heterocycles. The first-order valence-corrected chi connectivity index (χ1v) is 8.68. The van der Waals surface area contributed by atoms with E-state index in [1.165, 1.54) is 6.08 Å². The summed E-state index contributed by atoms with van der Waals surface area (Å²) in [6.07, 6.45) is 3.00. The molecule has 132 valence electrons. The maximum atomic E-state index is 12.2. The van der Waals surface area contributed by atoms with Gasteiger partial charge in [-0.25, -0.2) is 4.79 Å². The molecule has 1 amide bonds. The molecule has 0 saturated heterocycles. The average Bonchev–Trinajstić information content (AvgIpc) is 2.68. The molecule has 0 aliphatic carbocycles. The fourth-order valence-electron chi connectivity index (χ4n) is 2.88.